The normalized spacial score (nSPS) is 29.1. The van der Waals surface area contributed by atoms with Crippen molar-refractivity contribution in [3.8, 4) is 0 Å². The molecule has 3 rings (SSSR count). The van der Waals surface area contributed by atoms with E-state index in [0.29, 0.717) is 24.2 Å². The number of aryl methyl sites for hydroxylation is 1. The summed E-state index contributed by atoms with van der Waals surface area (Å²) in [5.74, 6) is 0.341. The van der Waals surface area contributed by atoms with Crippen molar-refractivity contribution in [1.82, 2.24) is 14.5 Å². The first-order chi connectivity index (χ1) is 10.0. The number of nitrogens with two attached hydrogens (primary N) is 1. The number of aldehydes is 1. The Morgan fingerprint density at radius 2 is 2.38 bits per heavy atom. The van der Waals surface area contributed by atoms with Crippen molar-refractivity contribution >= 4 is 23.1 Å². The maximum absolute atomic E-state index is 11.3. The molecule has 112 valence electrons. The largest absolute Gasteiger partial charge is 0.393 e. The van der Waals surface area contributed by atoms with Crippen LogP contribution < -0.4 is 5.73 Å². The lowest BCUT2D eigenvalue weighted by molar-refractivity contribution is -0.144. The smallest absolute Gasteiger partial charge is 0.154 e. The second kappa shape index (κ2) is 4.78. The van der Waals surface area contributed by atoms with Crippen molar-refractivity contribution < 1.29 is 14.6 Å². The molecule has 3 N–H and O–H groups in total. The molecular weight excluding hydrogens is 272 g/mol. The SMILES string of the molecule is Cc1cn([C@H]2C[C@H](C)[C@@](C=O)(CO)O2)c2ncnc(N)c12. The summed E-state index contributed by atoms with van der Waals surface area (Å²) >= 11 is 0. The third kappa shape index (κ3) is 1.92. The predicted molar refractivity (Wildman–Crippen MR) is 76.5 cm³/mol. The number of rotatable bonds is 3. The number of carbonyl (C=O) groups excluding carboxylic acids is 1. The number of hydrogen-bond donors (Lipinski definition) is 2. The maximum atomic E-state index is 11.3. The van der Waals surface area contributed by atoms with Gasteiger partial charge in [0.1, 0.15) is 24.0 Å². The lowest BCUT2D eigenvalue weighted by Crippen LogP contribution is -2.40. The molecule has 7 heteroatoms. The van der Waals surface area contributed by atoms with Crippen LogP contribution in [0, 0.1) is 12.8 Å². The van der Waals surface area contributed by atoms with E-state index in [0.717, 1.165) is 10.9 Å². The average Bonchev–Trinajstić information content (AvgIpc) is 2.98. The summed E-state index contributed by atoms with van der Waals surface area (Å²) in [6.45, 7) is 3.49. The number of anilines is 1. The molecule has 1 fully saturated rings. The number of hydrogen-bond acceptors (Lipinski definition) is 6. The van der Waals surface area contributed by atoms with Gasteiger partial charge < -0.3 is 24.9 Å². The monoisotopic (exact) mass is 290 g/mol. The zero-order valence-corrected chi connectivity index (χ0v) is 12.0. The van der Waals surface area contributed by atoms with Crippen LogP contribution in [-0.2, 0) is 9.53 Å². The topological polar surface area (TPSA) is 103 Å². The van der Waals surface area contributed by atoms with Gasteiger partial charge >= 0.3 is 0 Å². The van der Waals surface area contributed by atoms with E-state index in [4.69, 9.17) is 10.5 Å². The molecule has 2 aromatic heterocycles. The molecule has 0 amide bonds. The fraction of sp³-hybridized carbons (Fsp3) is 0.500. The highest BCUT2D eigenvalue weighted by Crippen LogP contribution is 2.41. The van der Waals surface area contributed by atoms with Crippen LogP contribution in [0.3, 0.4) is 0 Å². The number of aliphatic hydroxyl groups is 1. The molecule has 3 heterocycles. The molecule has 0 saturated carbocycles. The molecule has 0 aromatic carbocycles. The summed E-state index contributed by atoms with van der Waals surface area (Å²) in [6, 6.07) is 0. The van der Waals surface area contributed by atoms with Crippen LogP contribution in [0.5, 0.6) is 0 Å². The van der Waals surface area contributed by atoms with Gasteiger partial charge in [-0.15, -0.1) is 0 Å². The van der Waals surface area contributed by atoms with Crippen LogP contribution in [0.1, 0.15) is 25.1 Å². The average molecular weight is 290 g/mol. The number of nitrogens with zero attached hydrogens (tertiary/aromatic N) is 3. The molecule has 0 radical (unpaired) electrons. The summed E-state index contributed by atoms with van der Waals surface area (Å²) in [6.07, 6.45) is 4.25. The number of carbonyl (C=O) groups is 1. The predicted octanol–water partition coefficient (Wildman–Crippen LogP) is 0.807. The first-order valence-electron chi connectivity index (χ1n) is 6.85. The number of ether oxygens (including phenoxy) is 1. The Balaban J connectivity index is 2.07. The number of aliphatic hydroxyl groups excluding tert-OH is 1. The van der Waals surface area contributed by atoms with Gasteiger partial charge in [0.15, 0.2) is 11.9 Å². The Hall–Kier alpha value is -1.99. The van der Waals surface area contributed by atoms with E-state index in [1.54, 1.807) is 0 Å². The Bertz CT molecular complexity index is 699. The van der Waals surface area contributed by atoms with Gasteiger partial charge in [-0.05, 0) is 24.8 Å². The molecule has 2 aromatic rings. The highest BCUT2D eigenvalue weighted by atomic mass is 16.5. The van der Waals surface area contributed by atoms with Gasteiger partial charge in [0, 0.05) is 6.20 Å². The molecule has 7 nitrogen and oxygen atoms in total. The molecule has 0 unspecified atom stereocenters. The fourth-order valence-corrected chi connectivity index (χ4v) is 2.98. The third-order valence-corrected chi connectivity index (χ3v) is 4.33. The molecule has 0 aliphatic carbocycles. The highest BCUT2D eigenvalue weighted by Gasteiger charge is 2.47. The van der Waals surface area contributed by atoms with Gasteiger partial charge in [-0.1, -0.05) is 6.92 Å². The van der Waals surface area contributed by atoms with E-state index in [1.807, 2.05) is 24.6 Å². The second-order valence-electron chi connectivity index (χ2n) is 5.62. The fourth-order valence-electron chi connectivity index (χ4n) is 2.98. The zero-order valence-electron chi connectivity index (χ0n) is 12.0. The third-order valence-electron chi connectivity index (χ3n) is 4.33. The van der Waals surface area contributed by atoms with Gasteiger partial charge in [-0.25, -0.2) is 9.97 Å². The van der Waals surface area contributed by atoms with Crippen molar-refractivity contribution in [1.29, 1.82) is 0 Å². The van der Waals surface area contributed by atoms with E-state index in [-0.39, 0.29) is 18.8 Å². The van der Waals surface area contributed by atoms with Gasteiger partial charge in [0.25, 0.3) is 0 Å². The van der Waals surface area contributed by atoms with Crippen LogP contribution in [0.4, 0.5) is 5.82 Å². The first-order valence-corrected chi connectivity index (χ1v) is 6.85. The summed E-state index contributed by atoms with van der Waals surface area (Å²) in [7, 11) is 0. The van der Waals surface area contributed by atoms with E-state index < -0.39 is 5.60 Å². The van der Waals surface area contributed by atoms with Crippen molar-refractivity contribution in [3.05, 3.63) is 18.1 Å². The Labute approximate surface area is 121 Å². The van der Waals surface area contributed by atoms with Gasteiger partial charge in [-0.3, -0.25) is 0 Å². The van der Waals surface area contributed by atoms with E-state index >= 15 is 0 Å². The minimum Gasteiger partial charge on any atom is -0.393 e. The summed E-state index contributed by atoms with van der Waals surface area (Å²) in [4.78, 5) is 19.6. The summed E-state index contributed by atoms with van der Waals surface area (Å²) in [5.41, 5.74) is 6.38. The van der Waals surface area contributed by atoms with Crippen LogP contribution >= 0.6 is 0 Å². The zero-order chi connectivity index (χ0) is 15.2. The maximum Gasteiger partial charge on any atom is 0.154 e. The minimum atomic E-state index is -1.15. The van der Waals surface area contributed by atoms with Gasteiger partial charge in [0.2, 0.25) is 0 Å². The number of nitrogen functional groups attached to an aromatic ring is 1. The van der Waals surface area contributed by atoms with Crippen molar-refractivity contribution in [2.24, 2.45) is 5.92 Å². The number of fused-ring (bicyclic) bond motifs is 1. The lowest BCUT2D eigenvalue weighted by Gasteiger charge is -2.24. The molecule has 1 aliphatic heterocycles. The van der Waals surface area contributed by atoms with Crippen LogP contribution in [0.2, 0.25) is 0 Å². The van der Waals surface area contributed by atoms with E-state index in [9.17, 15) is 9.90 Å². The molecule has 1 aliphatic rings. The van der Waals surface area contributed by atoms with Crippen LogP contribution in [-0.4, -0.2) is 38.1 Å². The Kier molecular flexibility index (Phi) is 3.18. The first kappa shape index (κ1) is 14.0. The molecule has 1 saturated heterocycles. The molecular formula is C14H18N4O3. The lowest BCUT2D eigenvalue weighted by atomic mass is 9.91. The van der Waals surface area contributed by atoms with Crippen molar-refractivity contribution in [3.63, 3.8) is 0 Å². The van der Waals surface area contributed by atoms with Crippen LogP contribution in [0.25, 0.3) is 11.0 Å². The van der Waals surface area contributed by atoms with E-state index in [2.05, 4.69) is 9.97 Å². The second-order valence-corrected chi connectivity index (χ2v) is 5.62. The molecule has 3 atom stereocenters. The summed E-state index contributed by atoms with van der Waals surface area (Å²) in [5, 5.41) is 10.3. The van der Waals surface area contributed by atoms with E-state index in [1.165, 1.54) is 6.33 Å². The summed E-state index contributed by atoms with van der Waals surface area (Å²) < 4.78 is 7.71. The van der Waals surface area contributed by atoms with Gasteiger partial charge in [0.05, 0.1) is 12.0 Å². The van der Waals surface area contributed by atoms with Crippen molar-refractivity contribution in [2.75, 3.05) is 12.3 Å². The Morgan fingerprint density at radius 1 is 1.62 bits per heavy atom. The molecule has 21 heavy (non-hydrogen) atoms. The van der Waals surface area contributed by atoms with Gasteiger partial charge in [-0.2, -0.15) is 0 Å². The molecule has 0 bridgehead atoms. The minimum absolute atomic E-state index is 0.0815. The van der Waals surface area contributed by atoms with Crippen molar-refractivity contribution in [2.45, 2.75) is 32.1 Å². The van der Waals surface area contributed by atoms with Crippen LogP contribution in [0.15, 0.2) is 12.5 Å². The Morgan fingerprint density at radius 3 is 3.00 bits per heavy atom. The highest BCUT2D eigenvalue weighted by molar-refractivity contribution is 5.89. The quantitative estimate of drug-likeness (QED) is 0.811. The standard InChI is InChI=1S/C14H18N4O3/c1-8-4-18(13-11(8)12(15)16-7-17-13)10-3-9(2)14(5-19,6-20)21-10/h4-5,7,9-10,20H,3,6H2,1-2H3,(H2,15,16,17)/t9-,10+,14+/m0/s1. The molecule has 0 spiro atoms. The number of aromatic nitrogens is 3.